The second-order valence-electron chi connectivity index (χ2n) is 6.53. The minimum Gasteiger partial charge on any atom is -0.493 e. The molecule has 1 aromatic rings. The lowest BCUT2D eigenvalue weighted by Crippen LogP contribution is -2.26. The third-order valence-corrected chi connectivity index (χ3v) is 3.58. The highest BCUT2D eigenvalue weighted by Crippen LogP contribution is 2.36. The Morgan fingerprint density at radius 1 is 1.15 bits per heavy atom. The van der Waals surface area contributed by atoms with Crippen LogP contribution in [-0.2, 0) is 11.8 Å². The molecule has 0 unspecified atom stereocenters. The van der Waals surface area contributed by atoms with Crippen LogP contribution in [0.3, 0.4) is 0 Å². The van der Waals surface area contributed by atoms with Crippen LogP contribution in [-0.4, -0.2) is 19.7 Å². The third kappa shape index (κ3) is 4.22. The molecule has 1 rings (SSSR count). The Labute approximate surface area is 123 Å². The van der Waals surface area contributed by atoms with Gasteiger partial charge in [-0.2, -0.15) is 0 Å². The van der Waals surface area contributed by atoms with E-state index in [-0.39, 0.29) is 5.41 Å². The predicted molar refractivity (Wildman–Crippen MR) is 86.4 cm³/mol. The van der Waals surface area contributed by atoms with Gasteiger partial charge in [-0.3, -0.25) is 0 Å². The molecule has 0 heterocycles. The van der Waals surface area contributed by atoms with E-state index in [2.05, 4.69) is 39.8 Å². The quantitative estimate of drug-likeness (QED) is 0.841. The minimum absolute atomic E-state index is 0.0617. The number of hydrogen-bond acceptors (Lipinski definition) is 3. The summed E-state index contributed by atoms with van der Waals surface area (Å²) in [6, 6.07) is 4.44. The molecule has 0 saturated heterocycles. The number of aryl methyl sites for hydroxylation is 1. The van der Waals surface area contributed by atoms with Crippen LogP contribution >= 0.6 is 0 Å². The average Bonchev–Trinajstić information content (AvgIpc) is 2.37. The summed E-state index contributed by atoms with van der Waals surface area (Å²) in [6.07, 6.45) is 0.882. The Morgan fingerprint density at radius 2 is 1.75 bits per heavy atom. The van der Waals surface area contributed by atoms with E-state index in [9.17, 15) is 0 Å². The van der Waals surface area contributed by atoms with E-state index < -0.39 is 0 Å². The second kappa shape index (κ2) is 7.09. The zero-order chi connectivity index (χ0) is 15.3. The summed E-state index contributed by atoms with van der Waals surface area (Å²) in [5.74, 6) is 1.33. The van der Waals surface area contributed by atoms with Gasteiger partial charge in [0, 0.05) is 5.56 Å². The molecule has 0 saturated carbocycles. The Morgan fingerprint density at radius 3 is 2.20 bits per heavy atom. The highest BCUT2D eigenvalue weighted by Gasteiger charge is 2.23. The highest BCUT2D eigenvalue weighted by molar-refractivity contribution is 5.48. The molecule has 0 atom stereocenters. The normalized spacial score (nSPS) is 12.0. The van der Waals surface area contributed by atoms with E-state index in [0.29, 0.717) is 25.6 Å². The fraction of sp³-hybridized carbons (Fsp3) is 0.647. The van der Waals surface area contributed by atoms with Crippen LogP contribution in [0, 0.1) is 12.8 Å². The SMILES string of the molecule is CCOc1c(CC(CN)CN)cc(C)cc1C(C)(C)C. The molecular formula is C17H30N2O. The zero-order valence-corrected chi connectivity index (χ0v) is 13.6. The van der Waals surface area contributed by atoms with Crippen molar-refractivity contribution in [1.29, 1.82) is 0 Å². The number of ether oxygens (including phenoxy) is 1. The largest absolute Gasteiger partial charge is 0.493 e. The molecule has 0 amide bonds. The lowest BCUT2D eigenvalue weighted by molar-refractivity contribution is 0.324. The van der Waals surface area contributed by atoms with Crippen LogP contribution < -0.4 is 16.2 Å². The first-order valence-electron chi connectivity index (χ1n) is 7.50. The fourth-order valence-electron chi connectivity index (χ4n) is 2.45. The number of rotatable bonds is 6. The standard InChI is InChI=1S/C17H30N2O/c1-6-20-16-14(9-13(10-18)11-19)7-12(2)8-15(16)17(3,4)5/h7-8,13H,6,9-11,18-19H2,1-5H3. The molecule has 0 radical (unpaired) electrons. The van der Waals surface area contributed by atoms with E-state index in [1.165, 1.54) is 16.7 Å². The van der Waals surface area contributed by atoms with E-state index in [4.69, 9.17) is 16.2 Å². The summed E-state index contributed by atoms with van der Waals surface area (Å²) in [5, 5.41) is 0. The molecule has 3 nitrogen and oxygen atoms in total. The Balaban J connectivity index is 3.30. The van der Waals surface area contributed by atoms with Gasteiger partial charge in [-0.05, 0) is 50.3 Å². The molecule has 0 aliphatic rings. The molecule has 4 N–H and O–H groups in total. The van der Waals surface area contributed by atoms with Gasteiger partial charge in [0.05, 0.1) is 6.61 Å². The van der Waals surface area contributed by atoms with Crippen molar-refractivity contribution in [3.63, 3.8) is 0 Å². The zero-order valence-electron chi connectivity index (χ0n) is 13.6. The minimum atomic E-state index is 0.0617. The maximum absolute atomic E-state index is 5.96. The van der Waals surface area contributed by atoms with Crippen LogP contribution in [0.4, 0.5) is 0 Å². The maximum atomic E-state index is 5.96. The molecule has 114 valence electrons. The van der Waals surface area contributed by atoms with Gasteiger partial charge in [0.1, 0.15) is 5.75 Å². The van der Waals surface area contributed by atoms with Crippen molar-refractivity contribution in [2.75, 3.05) is 19.7 Å². The lowest BCUT2D eigenvalue weighted by atomic mass is 9.83. The van der Waals surface area contributed by atoms with Crippen molar-refractivity contribution >= 4 is 0 Å². The Bertz CT molecular complexity index is 431. The molecule has 0 spiro atoms. The predicted octanol–water partition coefficient (Wildman–Crippen LogP) is 2.77. The van der Waals surface area contributed by atoms with E-state index in [0.717, 1.165) is 12.2 Å². The van der Waals surface area contributed by atoms with Crippen LogP contribution in [0.15, 0.2) is 12.1 Å². The average molecular weight is 278 g/mol. The maximum Gasteiger partial charge on any atom is 0.126 e. The van der Waals surface area contributed by atoms with Gasteiger partial charge >= 0.3 is 0 Å². The number of benzene rings is 1. The molecule has 0 bridgehead atoms. The summed E-state index contributed by atoms with van der Waals surface area (Å²) >= 11 is 0. The van der Waals surface area contributed by atoms with Crippen LogP contribution in [0.2, 0.25) is 0 Å². The first-order valence-corrected chi connectivity index (χ1v) is 7.50. The Hall–Kier alpha value is -1.06. The van der Waals surface area contributed by atoms with Gasteiger partial charge < -0.3 is 16.2 Å². The van der Waals surface area contributed by atoms with Crippen LogP contribution in [0.5, 0.6) is 5.75 Å². The van der Waals surface area contributed by atoms with Crippen molar-refractivity contribution in [2.24, 2.45) is 17.4 Å². The molecule has 0 aromatic heterocycles. The molecule has 0 aliphatic heterocycles. The summed E-state index contributed by atoms with van der Waals surface area (Å²) in [6.45, 7) is 12.7. The van der Waals surface area contributed by atoms with Crippen LogP contribution in [0.25, 0.3) is 0 Å². The molecule has 0 fully saturated rings. The highest BCUT2D eigenvalue weighted by atomic mass is 16.5. The van der Waals surface area contributed by atoms with Gasteiger partial charge in [0.2, 0.25) is 0 Å². The van der Waals surface area contributed by atoms with Crippen LogP contribution in [0.1, 0.15) is 44.4 Å². The van der Waals surface area contributed by atoms with Crippen molar-refractivity contribution in [3.8, 4) is 5.75 Å². The van der Waals surface area contributed by atoms with Gasteiger partial charge in [0.25, 0.3) is 0 Å². The molecule has 1 aromatic carbocycles. The van der Waals surface area contributed by atoms with Crippen molar-refractivity contribution < 1.29 is 4.74 Å². The number of hydrogen-bond donors (Lipinski definition) is 2. The van der Waals surface area contributed by atoms with Crippen molar-refractivity contribution in [2.45, 2.75) is 46.5 Å². The van der Waals surface area contributed by atoms with Crippen molar-refractivity contribution in [1.82, 2.24) is 0 Å². The first kappa shape index (κ1) is 17.0. The molecule has 20 heavy (non-hydrogen) atoms. The van der Waals surface area contributed by atoms with Gasteiger partial charge in [-0.25, -0.2) is 0 Å². The Kier molecular flexibility index (Phi) is 6.03. The third-order valence-electron chi connectivity index (χ3n) is 3.58. The van der Waals surface area contributed by atoms with E-state index >= 15 is 0 Å². The van der Waals surface area contributed by atoms with Gasteiger partial charge in [-0.15, -0.1) is 0 Å². The summed E-state index contributed by atoms with van der Waals surface area (Å²) in [7, 11) is 0. The smallest absolute Gasteiger partial charge is 0.126 e. The molecular weight excluding hydrogens is 248 g/mol. The van der Waals surface area contributed by atoms with E-state index in [1.807, 2.05) is 6.92 Å². The summed E-state index contributed by atoms with van der Waals surface area (Å²) < 4.78 is 5.96. The lowest BCUT2D eigenvalue weighted by Gasteiger charge is -2.26. The van der Waals surface area contributed by atoms with Gasteiger partial charge in [-0.1, -0.05) is 38.5 Å². The summed E-state index contributed by atoms with van der Waals surface area (Å²) in [4.78, 5) is 0. The molecule has 3 heteroatoms. The number of nitrogens with two attached hydrogens (primary N) is 2. The fourth-order valence-corrected chi connectivity index (χ4v) is 2.45. The van der Waals surface area contributed by atoms with E-state index in [1.54, 1.807) is 0 Å². The van der Waals surface area contributed by atoms with Gasteiger partial charge in [0.15, 0.2) is 0 Å². The molecule has 0 aliphatic carbocycles. The first-order chi connectivity index (χ1) is 9.33. The van der Waals surface area contributed by atoms with Crippen molar-refractivity contribution in [3.05, 3.63) is 28.8 Å². The topological polar surface area (TPSA) is 61.3 Å². The second-order valence-corrected chi connectivity index (χ2v) is 6.53. The summed E-state index contributed by atoms with van der Waals surface area (Å²) in [5.41, 5.74) is 15.4. The monoisotopic (exact) mass is 278 g/mol.